The van der Waals surface area contributed by atoms with Crippen LogP contribution in [-0.2, 0) is 22.6 Å². The number of aryl methyl sites for hydroxylation is 2. The van der Waals surface area contributed by atoms with E-state index in [4.69, 9.17) is 0 Å². The number of rotatable bonds is 8. The number of hydrogen-bond acceptors (Lipinski definition) is 4. The molecule has 1 aliphatic heterocycles. The summed E-state index contributed by atoms with van der Waals surface area (Å²) in [6.07, 6.45) is 4.44. The zero-order valence-electron chi connectivity index (χ0n) is 24.9. The quantitative estimate of drug-likeness (QED) is 0.235. The van der Waals surface area contributed by atoms with Crippen molar-refractivity contribution in [3.05, 3.63) is 70.7 Å². The van der Waals surface area contributed by atoms with Gasteiger partial charge in [0.1, 0.15) is 5.82 Å². The summed E-state index contributed by atoms with van der Waals surface area (Å²) in [5, 5.41) is 0.531. The lowest BCUT2D eigenvalue weighted by atomic mass is 9.89. The highest BCUT2D eigenvalue weighted by Crippen LogP contribution is 2.29. The number of amides is 3. The maximum absolute atomic E-state index is 13.7. The molecule has 0 saturated carbocycles. The number of ketones is 1. The summed E-state index contributed by atoms with van der Waals surface area (Å²) < 4.78 is 15.3. The Morgan fingerprint density at radius 1 is 0.976 bits per heavy atom. The van der Waals surface area contributed by atoms with Crippen LogP contribution in [0.4, 0.5) is 4.39 Å². The number of Topliss-reactive ketones (excluding diaryl/α,β-unsaturated/α-hetero) is 1. The van der Waals surface area contributed by atoms with Crippen molar-refractivity contribution in [3.63, 3.8) is 0 Å². The first kappa shape index (κ1) is 30.1. The van der Waals surface area contributed by atoms with Crippen LogP contribution < -0.4 is 0 Å². The molecule has 0 aliphatic carbocycles. The van der Waals surface area contributed by atoms with E-state index in [2.05, 4.69) is 0 Å². The van der Waals surface area contributed by atoms with Gasteiger partial charge < -0.3 is 14.4 Å². The Labute approximate surface area is 240 Å². The number of halogens is 1. The Hall–Kier alpha value is -3.85. The summed E-state index contributed by atoms with van der Waals surface area (Å²) in [5.74, 6) is -1.20. The van der Waals surface area contributed by atoms with Crippen LogP contribution in [0.3, 0.4) is 0 Å². The summed E-state index contributed by atoms with van der Waals surface area (Å²) in [7, 11) is 8.49. The van der Waals surface area contributed by atoms with Crippen molar-refractivity contribution in [1.29, 1.82) is 0 Å². The number of nitrogens with zero attached hydrogens (tertiary/aromatic N) is 4. The van der Waals surface area contributed by atoms with Crippen molar-refractivity contribution in [1.82, 2.24) is 14.4 Å². The van der Waals surface area contributed by atoms with Gasteiger partial charge in [0.25, 0.3) is 17.6 Å². The van der Waals surface area contributed by atoms with Crippen molar-refractivity contribution in [3.8, 4) is 0 Å². The van der Waals surface area contributed by atoms with Crippen molar-refractivity contribution in [2.24, 2.45) is 5.92 Å². The van der Waals surface area contributed by atoms with Gasteiger partial charge in [0.2, 0.25) is 0 Å². The van der Waals surface area contributed by atoms with E-state index in [1.807, 2.05) is 55.7 Å². The fourth-order valence-corrected chi connectivity index (χ4v) is 5.37. The van der Waals surface area contributed by atoms with Gasteiger partial charge in [-0.2, -0.15) is 0 Å². The summed E-state index contributed by atoms with van der Waals surface area (Å²) in [6.45, 7) is 3.44. The predicted octanol–water partition coefficient (Wildman–Crippen LogP) is 4.08. The number of fused-ring (bicyclic) bond motifs is 1. The lowest BCUT2D eigenvalue weighted by Gasteiger charge is -2.32. The van der Waals surface area contributed by atoms with E-state index in [1.54, 1.807) is 12.3 Å². The molecule has 0 N–H and O–H groups in total. The molecule has 41 heavy (non-hydrogen) atoms. The molecular formula is C32H40FN4O4+. The van der Waals surface area contributed by atoms with Crippen LogP contribution in [0.15, 0.2) is 42.6 Å². The largest absolute Gasteiger partial charge is 0.346 e. The van der Waals surface area contributed by atoms with Gasteiger partial charge in [0, 0.05) is 56.4 Å². The maximum Gasteiger partial charge on any atom is 0.314 e. The first-order valence-electron chi connectivity index (χ1n) is 14.0. The molecule has 4 rings (SSSR count). The van der Waals surface area contributed by atoms with Crippen LogP contribution in [-0.4, -0.2) is 90.7 Å². The van der Waals surface area contributed by atoms with E-state index in [1.165, 1.54) is 31.1 Å². The highest BCUT2D eigenvalue weighted by molar-refractivity contribution is 6.44. The monoisotopic (exact) mass is 563 g/mol. The second kappa shape index (κ2) is 11.9. The van der Waals surface area contributed by atoms with Gasteiger partial charge in [-0.15, -0.1) is 0 Å². The third kappa shape index (κ3) is 6.73. The molecule has 1 fully saturated rings. The topological polar surface area (TPSA) is 79.7 Å². The fraction of sp³-hybridized carbons (Fsp3) is 0.438. The number of carbonyl (C=O) groups is 4. The SMILES string of the molecule is Cc1cc2c(cc1C(=O)N1CCC(Cc3ccc(F)cc3)CC1)c(C(=O)C(=O)N(C)C)cn2CCC(=O)[N+](C)(C)C. The lowest BCUT2D eigenvalue weighted by Crippen LogP contribution is -2.41. The van der Waals surface area contributed by atoms with E-state index >= 15 is 0 Å². The molecule has 8 nitrogen and oxygen atoms in total. The highest BCUT2D eigenvalue weighted by atomic mass is 19.1. The fourth-order valence-electron chi connectivity index (χ4n) is 5.37. The second-order valence-corrected chi connectivity index (χ2v) is 12.2. The zero-order chi connectivity index (χ0) is 30.1. The van der Waals surface area contributed by atoms with Gasteiger partial charge in [-0.25, -0.2) is 9.18 Å². The van der Waals surface area contributed by atoms with Gasteiger partial charge in [0.05, 0.1) is 33.1 Å². The van der Waals surface area contributed by atoms with Gasteiger partial charge in [-0.3, -0.25) is 18.9 Å². The number of aromatic nitrogens is 1. The van der Waals surface area contributed by atoms with Crippen LogP contribution in [0, 0.1) is 18.7 Å². The standard InChI is InChI=1S/C32H40FN4O4/c1-21-17-28-26(27(30(39)32(41)34(2)3)20-36(28)16-13-29(38)37(4,5)6)19-25(21)31(40)35-14-11-23(12-15-35)18-22-7-9-24(33)10-8-22/h7-10,17,19-20,23H,11-16,18H2,1-6H3/q+1. The van der Waals surface area contributed by atoms with Crippen LogP contribution in [0.25, 0.3) is 10.9 Å². The first-order chi connectivity index (χ1) is 19.3. The molecular weight excluding hydrogens is 523 g/mol. The minimum Gasteiger partial charge on any atom is -0.346 e. The van der Waals surface area contributed by atoms with E-state index < -0.39 is 11.7 Å². The maximum atomic E-state index is 13.7. The van der Waals surface area contributed by atoms with E-state index in [9.17, 15) is 23.6 Å². The lowest BCUT2D eigenvalue weighted by molar-refractivity contribution is -0.792. The summed E-state index contributed by atoms with van der Waals surface area (Å²) in [6, 6.07) is 10.2. The summed E-state index contributed by atoms with van der Waals surface area (Å²) >= 11 is 0. The molecule has 0 atom stereocenters. The van der Waals surface area contributed by atoms with Gasteiger partial charge >= 0.3 is 5.91 Å². The van der Waals surface area contributed by atoms with Crippen molar-refractivity contribution in [2.45, 2.75) is 39.2 Å². The van der Waals surface area contributed by atoms with Crippen molar-refractivity contribution >= 4 is 34.4 Å². The van der Waals surface area contributed by atoms with E-state index in [-0.39, 0.29) is 34.1 Å². The first-order valence-corrected chi connectivity index (χ1v) is 14.0. The molecule has 3 amide bonds. The van der Waals surface area contributed by atoms with Crippen molar-refractivity contribution < 1.29 is 28.1 Å². The Balaban J connectivity index is 1.59. The Bertz CT molecular complexity index is 1480. The molecule has 9 heteroatoms. The zero-order valence-corrected chi connectivity index (χ0v) is 24.9. The van der Waals surface area contributed by atoms with Crippen LogP contribution in [0.5, 0.6) is 0 Å². The van der Waals surface area contributed by atoms with Crippen LogP contribution in [0.1, 0.15) is 51.1 Å². The molecule has 218 valence electrons. The molecule has 0 bridgehead atoms. The number of carbonyl (C=O) groups excluding carboxylic acids is 4. The number of hydrogen-bond donors (Lipinski definition) is 0. The molecule has 1 aliphatic rings. The minimum atomic E-state index is -0.652. The third-order valence-electron chi connectivity index (χ3n) is 7.96. The summed E-state index contributed by atoms with van der Waals surface area (Å²) in [4.78, 5) is 55.2. The minimum absolute atomic E-state index is 0.0374. The number of quaternary nitrogens is 1. The second-order valence-electron chi connectivity index (χ2n) is 12.2. The Morgan fingerprint density at radius 2 is 1.61 bits per heavy atom. The molecule has 0 unspecified atom stereocenters. The molecule has 1 saturated heterocycles. The van der Waals surface area contributed by atoms with Gasteiger partial charge in [-0.1, -0.05) is 12.1 Å². The Kier molecular flexibility index (Phi) is 8.77. The average molecular weight is 564 g/mol. The number of piperidine rings is 1. The Morgan fingerprint density at radius 3 is 2.20 bits per heavy atom. The highest BCUT2D eigenvalue weighted by Gasteiger charge is 2.28. The normalized spacial score (nSPS) is 14.4. The molecule has 3 aromatic rings. The average Bonchev–Trinajstić information content (AvgIpc) is 3.28. The number of benzene rings is 2. The molecule has 0 radical (unpaired) electrons. The molecule has 2 aromatic carbocycles. The predicted molar refractivity (Wildman–Crippen MR) is 156 cm³/mol. The van der Waals surface area contributed by atoms with Gasteiger partial charge in [0.15, 0.2) is 0 Å². The van der Waals surface area contributed by atoms with Gasteiger partial charge in [-0.05, 0) is 67.5 Å². The van der Waals surface area contributed by atoms with Crippen LogP contribution >= 0.6 is 0 Å². The summed E-state index contributed by atoms with van der Waals surface area (Å²) in [5.41, 5.74) is 3.30. The number of likely N-dealkylation sites (N-methyl/N-ethyl adjacent to an activating group) is 1. The smallest absolute Gasteiger partial charge is 0.314 e. The van der Waals surface area contributed by atoms with Crippen LogP contribution in [0.2, 0.25) is 0 Å². The molecule has 1 aromatic heterocycles. The number of likely N-dealkylation sites (tertiary alicyclic amines) is 1. The molecule has 0 spiro atoms. The third-order valence-corrected chi connectivity index (χ3v) is 7.96. The van der Waals surface area contributed by atoms with Crippen molar-refractivity contribution in [2.75, 3.05) is 48.3 Å². The van der Waals surface area contributed by atoms with E-state index in [0.717, 1.165) is 30.4 Å². The van der Waals surface area contributed by atoms with E-state index in [0.29, 0.717) is 42.0 Å². The molecule has 2 heterocycles.